The van der Waals surface area contributed by atoms with E-state index in [9.17, 15) is 17.7 Å². The number of anilines is 4. The average molecular weight is 622 g/mol. The molecule has 0 amide bonds. The summed E-state index contributed by atoms with van der Waals surface area (Å²) in [5.41, 5.74) is 2.16. The summed E-state index contributed by atoms with van der Waals surface area (Å²) in [5.74, 6) is 4.17. The molecule has 0 saturated heterocycles. The molecule has 0 fully saturated rings. The molecule has 14 heteroatoms. The molecule has 0 aliphatic carbocycles. The van der Waals surface area contributed by atoms with E-state index in [4.69, 9.17) is 28.3 Å². The molecule has 0 saturated carbocycles. The molecule has 3 aromatic carbocycles. The quantitative estimate of drug-likeness (QED) is 0.159. The molecule has 1 aromatic heterocycles. The van der Waals surface area contributed by atoms with Crippen LogP contribution in [0.15, 0.2) is 82.7 Å². The van der Waals surface area contributed by atoms with Gasteiger partial charge in [0.15, 0.2) is 0 Å². The monoisotopic (exact) mass is 620 g/mol. The van der Waals surface area contributed by atoms with E-state index < -0.39 is 19.7 Å². The minimum atomic E-state index is -3.99. The SMILES string of the molecule is C=S(N)(=O)c1cccc(Nc2ncc(-c3ccc(NS(=O)(=O)c4cccc(Cl)c4Cl)cc3)c(N[C@H](C)CO)n2)c1. The first-order valence-corrected chi connectivity index (χ1v) is 15.7. The van der Waals surface area contributed by atoms with Gasteiger partial charge in [-0.05, 0) is 60.8 Å². The van der Waals surface area contributed by atoms with E-state index in [0.29, 0.717) is 33.2 Å². The number of aliphatic hydroxyl groups is 1. The lowest BCUT2D eigenvalue weighted by Crippen LogP contribution is -2.21. The standard InChI is InChI=1S/C26H26Cl2N6O4S2/c1-16(15-35)31-25-21(14-30-26(33-25)32-19-5-3-6-20(13-19)39(2,29)36)17-9-11-18(12-10-17)34-40(37,38)23-8-4-7-22(27)24(23)28/h3-14,16,34-35H,2,15H2,1H3,(H2,29,36)(H2,30,31,32,33)/t16-,39?/m1/s1. The Kier molecular flexibility index (Phi) is 8.88. The predicted octanol–water partition coefficient (Wildman–Crippen LogP) is 4.74. The van der Waals surface area contributed by atoms with Crippen molar-refractivity contribution in [2.45, 2.75) is 22.8 Å². The van der Waals surface area contributed by atoms with Gasteiger partial charge in [0.25, 0.3) is 10.0 Å². The first-order chi connectivity index (χ1) is 18.9. The van der Waals surface area contributed by atoms with Gasteiger partial charge in [-0.3, -0.25) is 9.86 Å². The van der Waals surface area contributed by atoms with Crippen molar-refractivity contribution in [3.05, 3.63) is 83.0 Å². The van der Waals surface area contributed by atoms with Crippen molar-refractivity contribution in [2.24, 2.45) is 5.14 Å². The number of aromatic nitrogens is 2. The van der Waals surface area contributed by atoms with Crippen LogP contribution in [0.25, 0.3) is 11.1 Å². The average Bonchev–Trinajstić information content (AvgIpc) is 2.90. The lowest BCUT2D eigenvalue weighted by molar-refractivity contribution is 0.281. The van der Waals surface area contributed by atoms with Gasteiger partial charge >= 0.3 is 0 Å². The van der Waals surface area contributed by atoms with Crippen LogP contribution in [0.1, 0.15) is 6.92 Å². The van der Waals surface area contributed by atoms with Crippen molar-refractivity contribution < 1.29 is 17.7 Å². The van der Waals surface area contributed by atoms with Gasteiger partial charge in [-0.25, -0.2) is 17.6 Å². The molecule has 4 aromatic rings. The van der Waals surface area contributed by atoms with E-state index >= 15 is 0 Å². The van der Waals surface area contributed by atoms with Gasteiger partial charge in [-0.2, -0.15) is 4.98 Å². The normalized spacial score (nSPS) is 13.7. The summed E-state index contributed by atoms with van der Waals surface area (Å²) in [7, 11) is -6.89. The van der Waals surface area contributed by atoms with E-state index in [2.05, 4.69) is 31.2 Å². The second-order valence-electron chi connectivity index (χ2n) is 8.80. The summed E-state index contributed by atoms with van der Waals surface area (Å²) in [6, 6.07) is 17.3. The third-order valence-corrected chi connectivity index (χ3v) is 9.00. The van der Waals surface area contributed by atoms with Crippen molar-refractivity contribution in [2.75, 3.05) is 22.0 Å². The Bertz CT molecular complexity index is 1750. The number of aliphatic hydroxyl groups excluding tert-OH is 1. The Hall–Kier alpha value is -3.39. The lowest BCUT2D eigenvalue weighted by atomic mass is 10.1. The maximum Gasteiger partial charge on any atom is 0.263 e. The molecule has 4 rings (SSSR count). The molecular formula is C26H26Cl2N6O4S2. The summed E-state index contributed by atoms with van der Waals surface area (Å²) < 4.78 is 40.3. The van der Waals surface area contributed by atoms with E-state index in [1.165, 1.54) is 18.2 Å². The summed E-state index contributed by atoms with van der Waals surface area (Å²) in [6.45, 7) is 1.64. The summed E-state index contributed by atoms with van der Waals surface area (Å²) in [5, 5.41) is 21.5. The maximum absolute atomic E-state index is 12.9. The summed E-state index contributed by atoms with van der Waals surface area (Å²) >= 11 is 12.1. The minimum absolute atomic E-state index is 0.0671. The molecule has 10 nitrogen and oxygen atoms in total. The summed E-state index contributed by atoms with van der Waals surface area (Å²) in [4.78, 5) is 9.19. The highest BCUT2D eigenvalue weighted by Gasteiger charge is 2.20. The highest BCUT2D eigenvalue weighted by molar-refractivity contribution is 7.98. The van der Waals surface area contributed by atoms with Crippen LogP contribution in [0.2, 0.25) is 10.0 Å². The van der Waals surface area contributed by atoms with Crippen LogP contribution in [-0.2, 0) is 19.7 Å². The van der Waals surface area contributed by atoms with Crippen LogP contribution in [0.4, 0.5) is 23.1 Å². The van der Waals surface area contributed by atoms with Crippen LogP contribution in [0.5, 0.6) is 0 Å². The number of sulfonamides is 1. The molecule has 40 heavy (non-hydrogen) atoms. The number of nitrogens with one attached hydrogen (secondary N) is 3. The van der Waals surface area contributed by atoms with E-state index in [1.807, 2.05) is 0 Å². The van der Waals surface area contributed by atoms with Crippen LogP contribution in [-0.4, -0.2) is 46.2 Å². The first-order valence-electron chi connectivity index (χ1n) is 11.7. The van der Waals surface area contributed by atoms with E-state index in [0.717, 1.165) is 0 Å². The zero-order chi connectivity index (χ0) is 29.1. The van der Waals surface area contributed by atoms with Crippen molar-refractivity contribution >= 4 is 71.9 Å². The van der Waals surface area contributed by atoms with Gasteiger partial charge in [-0.1, -0.05) is 47.5 Å². The zero-order valence-corrected chi connectivity index (χ0v) is 24.3. The maximum atomic E-state index is 12.9. The lowest BCUT2D eigenvalue weighted by Gasteiger charge is -2.17. The fraction of sp³-hybridized carbons (Fsp3) is 0.115. The van der Waals surface area contributed by atoms with Gasteiger partial charge < -0.3 is 15.7 Å². The topological polar surface area (TPSA) is 159 Å². The van der Waals surface area contributed by atoms with Gasteiger partial charge in [0.2, 0.25) is 5.95 Å². The molecule has 2 atom stereocenters. The predicted molar refractivity (Wildman–Crippen MR) is 162 cm³/mol. The Balaban J connectivity index is 1.62. The number of halogens is 2. The number of rotatable bonds is 10. The van der Waals surface area contributed by atoms with Crippen molar-refractivity contribution in [1.29, 1.82) is 0 Å². The highest BCUT2D eigenvalue weighted by Crippen LogP contribution is 2.32. The van der Waals surface area contributed by atoms with Crippen molar-refractivity contribution in [3.8, 4) is 11.1 Å². The Morgan fingerprint density at radius 3 is 2.40 bits per heavy atom. The number of hydrogen-bond donors (Lipinski definition) is 5. The third-order valence-electron chi connectivity index (χ3n) is 5.59. The second kappa shape index (κ2) is 12.0. The number of nitrogens with zero attached hydrogens (tertiary/aromatic N) is 2. The van der Waals surface area contributed by atoms with Gasteiger partial charge in [-0.15, -0.1) is 0 Å². The molecule has 0 radical (unpaired) electrons. The molecule has 210 valence electrons. The van der Waals surface area contributed by atoms with E-state index in [1.54, 1.807) is 61.7 Å². The molecule has 1 heterocycles. The van der Waals surface area contributed by atoms with Crippen LogP contribution < -0.4 is 20.5 Å². The first kappa shape index (κ1) is 29.6. The zero-order valence-electron chi connectivity index (χ0n) is 21.1. The van der Waals surface area contributed by atoms with E-state index in [-0.39, 0.29) is 33.5 Å². The third kappa shape index (κ3) is 7.02. The second-order valence-corrected chi connectivity index (χ2v) is 13.2. The number of hydrogen-bond acceptors (Lipinski definition) is 8. The molecule has 1 unspecified atom stereocenters. The van der Waals surface area contributed by atoms with Crippen LogP contribution in [0, 0.1) is 0 Å². The highest BCUT2D eigenvalue weighted by atomic mass is 35.5. The van der Waals surface area contributed by atoms with Crippen LogP contribution >= 0.6 is 23.2 Å². The Morgan fingerprint density at radius 2 is 1.73 bits per heavy atom. The Labute approximate surface area is 242 Å². The minimum Gasteiger partial charge on any atom is -0.394 e. The fourth-order valence-corrected chi connectivity index (χ4v) is 6.04. The van der Waals surface area contributed by atoms with Gasteiger partial charge in [0.05, 0.1) is 26.4 Å². The molecular weight excluding hydrogens is 595 g/mol. The molecule has 0 spiro atoms. The van der Waals surface area contributed by atoms with Gasteiger partial charge in [0, 0.05) is 34.1 Å². The Morgan fingerprint density at radius 1 is 1.02 bits per heavy atom. The molecule has 0 aliphatic rings. The van der Waals surface area contributed by atoms with Crippen LogP contribution in [0.3, 0.4) is 0 Å². The molecule has 0 bridgehead atoms. The van der Waals surface area contributed by atoms with Gasteiger partial charge in [0.1, 0.15) is 10.7 Å². The fourth-order valence-electron chi connectivity index (χ4n) is 3.58. The number of benzene rings is 3. The van der Waals surface area contributed by atoms with Crippen molar-refractivity contribution in [3.63, 3.8) is 0 Å². The smallest absolute Gasteiger partial charge is 0.263 e. The largest absolute Gasteiger partial charge is 0.394 e. The molecule has 0 aliphatic heterocycles. The number of nitrogens with two attached hydrogens (primary N) is 1. The van der Waals surface area contributed by atoms with Crippen molar-refractivity contribution in [1.82, 2.24) is 9.97 Å². The summed E-state index contributed by atoms with van der Waals surface area (Å²) in [6.07, 6.45) is 1.59. The molecule has 6 N–H and O–H groups in total.